The van der Waals surface area contributed by atoms with Gasteiger partial charge in [-0.2, -0.15) is 0 Å². The van der Waals surface area contributed by atoms with Crippen LogP contribution >= 0.6 is 0 Å². The average molecular weight is 97.1 g/mol. The summed E-state index contributed by atoms with van der Waals surface area (Å²) in [5.41, 5.74) is 0. The quantitative estimate of drug-likeness (QED) is 0.475. The fourth-order valence-electron chi connectivity index (χ4n) is 0.263. The highest BCUT2D eigenvalue weighted by molar-refractivity contribution is 5.88. The largest absolute Gasteiger partial charge is 0.295 e. The molecule has 7 heavy (non-hydrogen) atoms. The van der Waals surface area contributed by atoms with Gasteiger partial charge < -0.3 is 0 Å². The van der Waals surface area contributed by atoms with E-state index in [1.807, 2.05) is 6.92 Å². The van der Waals surface area contributed by atoms with Gasteiger partial charge in [0.15, 0.2) is 5.78 Å². The van der Waals surface area contributed by atoms with Gasteiger partial charge >= 0.3 is 0 Å². The van der Waals surface area contributed by atoms with Gasteiger partial charge in [0.25, 0.3) is 0 Å². The number of allylic oxidation sites excluding steroid dienone is 2. The first kappa shape index (κ1) is 6.41. The summed E-state index contributed by atoms with van der Waals surface area (Å²) in [5, 5.41) is 0. The van der Waals surface area contributed by atoms with Crippen LogP contribution in [0.3, 0.4) is 0 Å². The topological polar surface area (TPSA) is 17.1 Å². The highest BCUT2D eigenvalue weighted by Crippen LogP contribution is 1.79. The van der Waals surface area contributed by atoms with Crippen molar-refractivity contribution in [3.63, 3.8) is 0 Å². The lowest BCUT2D eigenvalue weighted by Gasteiger charge is -1.77. The van der Waals surface area contributed by atoms with E-state index in [-0.39, 0.29) is 5.78 Å². The third-order valence-corrected chi connectivity index (χ3v) is 0.654. The minimum atomic E-state index is 0.141. The molecule has 0 atom stereocenters. The molecule has 0 aliphatic rings. The Kier molecular flexibility index (Phi) is 3.29. The summed E-state index contributed by atoms with van der Waals surface area (Å²) in [7, 11) is 0. The maximum atomic E-state index is 10.3. The van der Waals surface area contributed by atoms with Crippen molar-refractivity contribution < 1.29 is 4.79 Å². The molecule has 0 aromatic carbocycles. The molecule has 0 amide bonds. The molecular weight excluding hydrogens is 88.1 g/mol. The number of hydrogen-bond acceptors (Lipinski definition) is 1. The Hall–Kier alpha value is -0.590. The lowest BCUT2D eigenvalue weighted by Crippen LogP contribution is -1.85. The van der Waals surface area contributed by atoms with Crippen molar-refractivity contribution in [2.75, 3.05) is 0 Å². The lowest BCUT2D eigenvalue weighted by molar-refractivity contribution is -0.114. The summed E-state index contributed by atoms with van der Waals surface area (Å²) in [6.07, 6.45) is 4.69. The van der Waals surface area contributed by atoms with Crippen LogP contribution in [0.4, 0.5) is 0 Å². The average Bonchev–Trinajstić information content (AvgIpc) is 1.68. The van der Waals surface area contributed by atoms with Crippen molar-refractivity contribution in [3.8, 4) is 0 Å². The van der Waals surface area contributed by atoms with E-state index in [1.165, 1.54) is 6.08 Å². The van der Waals surface area contributed by atoms with Crippen LogP contribution in [-0.4, -0.2) is 5.78 Å². The van der Waals surface area contributed by atoms with Crippen molar-refractivity contribution in [2.45, 2.75) is 20.3 Å². The molecule has 0 spiro atoms. The van der Waals surface area contributed by atoms with E-state index in [1.54, 1.807) is 6.92 Å². The van der Waals surface area contributed by atoms with Gasteiger partial charge in [0.2, 0.25) is 0 Å². The minimum Gasteiger partial charge on any atom is -0.295 e. The summed E-state index contributed by atoms with van der Waals surface area (Å²) in [6, 6.07) is 0. The molecule has 0 aliphatic heterocycles. The van der Waals surface area contributed by atoms with Crippen LogP contribution in [0.2, 0.25) is 0 Å². The monoisotopic (exact) mass is 97.1 g/mol. The molecule has 1 nitrogen and oxygen atoms in total. The summed E-state index contributed by atoms with van der Waals surface area (Å²) < 4.78 is 0. The summed E-state index contributed by atoms with van der Waals surface area (Å²) >= 11 is 0. The van der Waals surface area contributed by atoms with Gasteiger partial charge in [-0.3, -0.25) is 4.79 Å². The van der Waals surface area contributed by atoms with Gasteiger partial charge in [0, 0.05) is 6.42 Å². The molecular formula is C6H9O. The van der Waals surface area contributed by atoms with Crippen LogP contribution in [0, 0.1) is 6.08 Å². The van der Waals surface area contributed by atoms with Crippen molar-refractivity contribution >= 4 is 5.78 Å². The van der Waals surface area contributed by atoms with E-state index in [9.17, 15) is 4.79 Å². The molecule has 39 valence electrons. The molecule has 0 bridgehead atoms. The van der Waals surface area contributed by atoms with E-state index in [0.29, 0.717) is 6.42 Å². The molecule has 0 rings (SSSR count). The van der Waals surface area contributed by atoms with Crippen LogP contribution in [-0.2, 0) is 4.79 Å². The standard InChI is InChI=1S/C6H9O/c1-3-5-6(7)4-2/h5H,4H2,1-2H3. The van der Waals surface area contributed by atoms with Crippen LogP contribution in [0.5, 0.6) is 0 Å². The molecule has 0 saturated heterocycles. The second kappa shape index (κ2) is 3.59. The molecule has 0 fully saturated rings. The minimum absolute atomic E-state index is 0.141. The zero-order valence-electron chi connectivity index (χ0n) is 4.69. The maximum absolute atomic E-state index is 10.3. The number of carbonyl (C=O) groups is 1. The Morgan fingerprint density at radius 3 is 2.57 bits per heavy atom. The van der Waals surface area contributed by atoms with E-state index in [0.717, 1.165) is 0 Å². The Balaban J connectivity index is 3.37. The summed E-state index contributed by atoms with van der Waals surface area (Å²) in [5.74, 6) is 0.141. The third-order valence-electron chi connectivity index (χ3n) is 0.654. The van der Waals surface area contributed by atoms with Gasteiger partial charge in [0.1, 0.15) is 0 Å². The Morgan fingerprint density at radius 2 is 2.43 bits per heavy atom. The fourth-order valence-corrected chi connectivity index (χ4v) is 0.263. The molecule has 1 radical (unpaired) electrons. The third kappa shape index (κ3) is 3.23. The first-order valence-corrected chi connectivity index (χ1v) is 2.34. The Labute approximate surface area is 44.0 Å². The van der Waals surface area contributed by atoms with Crippen LogP contribution in [0.25, 0.3) is 0 Å². The van der Waals surface area contributed by atoms with E-state index in [4.69, 9.17) is 0 Å². The number of carbonyl (C=O) groups excluding carboxylic acids is 1. The van der Waals surface area contributed by atoms with Gasteiger partial charge in [-0.1, -0.05) is 6.92 Å². The zero-order chi connectivity index (χ0) is 5.70. The van der Waals surface area contributed by atoms with E-state index < -0.39 is 0 Å². The number of ketones is 1. The lowest BCUT2D eigenvalue weighted by atomic mass is 10.3. The van der Waals surface area contributed by atoms with E-state index >= 15 is 0 Å². The second-order valence-electron chi connectivity index (χ2n) is 1.25. The maximum Gasteiger partial charge on any atom is 0.155 e. The highest BCUT2D eigenvalue weighted by atomic mass is 16.1. The molecule has 0 heterocycles. The predicted molar refractivity (Wildman–Crippen MR) is 28.8 cm³/mol. The van der Waals surface area contributed by atoms with Crippen LogP contribution < -0.4 is 0 Å². The molecule has 0 N–H and O–H groups in total. The SMILES string of the molecule is C/[C]=C/C(=O)CC. The van der Waals surface area contributed by atoms with Gasteiger partial charge in [0.05, 0.1) is 0 Å². The molecule has 1 heteroatoms. The smallest absolute Gasteiger partial charge is 0.155 e. The summed E-state index contributed by atoms with van der Waals surface area (Å²) in [4.78, 5) is 10.3. The Bertz CT molecular complexity index is 82.2. The number of hydrogen-bond donors (Lipinski definition) is 0. The number of rotatable bonds is 2. The van der Waals surface area contributed by atoms with Crippen molar-refractivity contribution in [1.82, 2.24) is 0 Å². The van der Waals surface area contributed by atoms with E-state index in [2.05, 4.69) is 6.08 Å². The van der Waals surface area contributed by atoms with Gasteiger partial charge in [-0.25, -0.2) is 0 Å². The zero-order valence-corrected chi connectivity index (χ0v) is 4.69. The highest BCUT2D eigenvalue weighted by Gasteiger charge is 1.84. The first-order valence-electron chi connectivity index (χ1n) is 2.34. The predicted octanol–water partition coefficient (Wildman–Crippen LogP) is 1.34. The fraction of sp³-hybridized carbons (Fsp3) is 0.500. The van der Waals surface area contributed by atoms with Crippen LogP contribution in [0.1, 0.15) is 20.3 Å². The normalized spacial score (nSPS) is 10.0. The van der Waals surface area contributed by atoms with Crippen LogP contribution in [0.15, 0.2) is 6.08 Å². The van der Waals surface area contributed by atoms with Crippen molar-refractivity contribution in [2.24, 2.45) is 0 Å². The molecule has 0 aromatic heterocycles. The molecule has 0 saturated carbocycles. The van der Waals surface area contributed by atoms with Gasteiger partial charge in [-0.05, 0) is 19.1 Å². The molecule has 0 aromatic rings. The van der Waals surface area contributed by atoms with Crippen molar-refractivity contribution in [1.29, 1.82) is 0 Å². The van der Waals surface area contributed by atoms with Gasteiger partial charge in [-0.15, -0.1) is 0 Å². The second-order valence-corrected chi connectivity index (χ2v) is 1.25. The first-order chi connectivity index (χ1) is 3.31. The Morgan fingerprint density at radius 1 is 1.86 bits per heavy atom. The van der Waals surface area contributed by atoms with Crippen molar-refractivity contribution in [3.05, 3.63) is 12.2 Å². The summed E-state index contributed by atoms with van der Waals surface area (Å²) in [6.45, 7) is 3.55. The molecule has 0 aliphatic carbocycles. The molecule has 0 unspecified atom stereocenters.